The number of anilines is 1. The molecule has 0 saturated heterocycles. The van der Waals surface area contributed by atoms with E-state index in [1.54, 1.807) is 19.1 Å². The van der Waals surface area contributed by atoms with Crippen LogP contribution in [-0.4, -0.2) is 31.3 Å². The number of fused-ring (bicyclic) bond motifs is 1. The van der Waals surface area contributed by atoms with E-state index in [-0.39, 0.29) is 33.6 Å². The Morgan fingerprint density at radius 2 is 1.90 bits per heavy atom. The van der Waals surface area contributed by atoms with Crippen molar-refractivity contribution in [2.45, 2.75) is 37.6 Å². The van der Waals surface area contributed by atoms with Crippen molar-refractivity contribution in [3.63, 3.8) is 0 Å². The molecule has 6 nitrogen and oxygen atoms in total. The average Bonchev–Trinajstić information content (AvgIpc) is 2.60. The van der Waals surface area contributed by atoms with E-state index in [1.165, 1.54) is 18.2 Å². The number of halogens is 4. The van der Waals surface area contributed by atoms with Gasteiger partial charge in [-0.05, 0) is 44.0 Å². The average molecular weight is 425 g/mol. The summed E-state index contributed by atoms with van der Waals surface area (Å²) in [6.07, 6.45) is -3.82. The molecule has 4 rings (SSSR count). The molecule has 152 valence electrons. The van der Waals surface area contributed by atoms with Crippen LogP contribution in [0.25, 0.3) is 16.7 Å². The number of pyridine rings is 1. The van der Waals surface area contributed by atoms with Gasteiger partial charge in [0.05, 0.1) is 21.7 Å². The highest BCUT2D eigenvalue weighted by Crippen LogP contribution is 2.35. The molecule has 1 saturated carbocycles. The molecule has 0 atom stereocenters. The van der Waals surface area contributed by atoms with Crippen molar-refractivity contribution in [1.29, 1.82) is 0 Å². The van der Waals surface area contributed by atoms with E-state index in [2.05, 4.69) is 15.3 Å². The van der Waals surface area contributed by atoms with Crippen LogP contribution in [0.15, 0.2) is 41.2 Å². The second-order valence-corrected chi connectivity index (χ2v) is 7.75. The minimum atomic E-state index is -4.68. The van der Waals surface area contributed by atoms with E-state index in [1.807, 2.05) is 0 Å². The van der Waals surface area contributed by atoms with Gasteiger partial charge in [-0.1, -0.05) is 23.7 Å². The molecule has 0 radical (unpaired) electrons. The van der Waals surface area contributed by atoms with Crippen LogP contribution in [-0.2, 0) is 6.18 Å². The van der Waals surface area contributed by atoms with E-state index in [9.17, 15) is 23.1 Å². The number of rotatable bonds is 3. The maximum atomic E-state index is 13.3. The largest absolute Gasteiger partial charge is 0.433 e. The van der Waals surface area contributed by atoms with Gasteiger partial charge in [-0.15, -0.1) is 0 Å². The number of para-hydroxylation sites is 1. The van der Waals surface area contributed by atoms with Crippen LogP contribution in [0.1, 0.15) is 25.5 Å². The Bertz CT molecular complexity index is 1150. The molecule has 0 amide bonds. The molecule has 0 spiro atoms. The highest BCUT2D eigenvalue weighted by molar-refractivity contribution is 6.32. The molecule has 0 bridgehead atoms. The standard InChI is InChI=1S/C19H16ClF3N4O2/c1-18(29)8-10(9-18)24-15-11-6-7-14(19(21,22)23)25-16(11)27(17(28)26-15)13-5-3-2-4-12(13)20/h2-7,10,29H,8-9H2,1H3,(H,24,26,28)/t10-,18+. The van der Waals surface area contributed by atoms with Crippen LogP contribution in [0.4, 0.5) is 19.0 Å². The number of aromatic nitrogens is 3. The Morgan fingerprint density at radius 3 is 2.52 bits per heavy atom. The van der Waals surface area contributed by atoms with E-state index < -0.39 is 23.2 Å². The number of nitrogens with zero attached hydrogens (tertiary/aromatic N) is 3. The summed E-state index contributed by atoms with van der Waals surface area (Å²) in [5.74, 6) is 0.120. The summed E-state index contributed by atoms with van der Waals surface area (Å²) in [4.78, 5) is 20.5. The first kappa shape index (κ1) is 19.7. The molecule has 1 aromatic carbocycles. The number of hydrogen-bond donors (Lipinski definition) is 2. The monoisotopic (exact) mass is 424 g/mol. The van der Waals surface area contributed by atoms with Gasteiger partial charge in [-0.25, -0.2) is 14.3 Å². The van der Waals surface area contributed by atoms with Gasteiger partial charge in [0.15, 0.2) is 5.65 Å². The molecule has 0 unspecified atom stereocenters. The fourth-order valence-corrected chi connectivity index (χ4v) is 3.74. The van der Waals surface area contributed by atoms with Crippen molar-refractivity contribution in [2.75, 3.05) is 5.32 Å². The molecule has 29 heavy (non-hydrogen) atoms. The lowest BCUT2D eigenvalue weighted by molar-refractivity contribution is -0.141. The number of alkyl halides is 3. The third-order valence-corrected chi connectivity index (χ3v) is 5.16. The van der Waals surface area contributed by atoms with Crippen LogP contribution < -0.4 is 11.0 Å². The number of aliphatic hydroxyl groups is 1. The number of nitrogens with one attached hydrogen (secondary N) is 1. The quantitative estimate of drug-likeness (QED) is 0.669. The predicted octanol–water partition coefficient (Wildman–Crippen LogP) is 3.78. The minimum absolute atomic E-state index is 0.120. The highest BCUT2D eigenvalue weighted by atomic mass is 35.5. The fraction of sp³-hybridized carbons (Fsp3) is 0.316. The van der Waals surface area contributed by atoms with Crippen LogP contribution in [0.3, 0.4) is 0 Å². The maximum Gasteiger partial charge on any atom is 0.433 e. The maximum absolute atomic E-state index is 13.3. The van der Waals surface area contributed by atoms with Crippen molar-refractivity contribution in [1.82, 2.24) is 14.5 Å². The summed E-state index contributed by atoms with van der Waals surface area (Å²) in [5.41, 5.74) is -2.79. The normalized spacial score (nSPS) is 21.8. The van der Waals surface area contributed by atoms with Gasteiger partial charge < -0.3 is 10.4 Å². The smallest absolute Gasteiger partial charge is 0.390 e. The topological polar surface area (TPSA) is 80.0 Å². The summed E-state index contributed by atoms with van der Waals surface area (Å²) in [6.45, 7) is 1.68. The predicted molar refractivity (Wildman–Crippen MR) is 102 cm³/mol. The van der Waals surface area contributed by atoms with Crippen molar-refractivity contribution in [3.8, 4) is 5.69 Å². The molecule has 3 aromatic rings. The van der Waals surface area contributed by atoms with E-state index >= 15 is 0 Å². The lowest BCUT2D eigenvalue weighted by Gasteiger charge is -2.41. The highest BCUT2D eigenvalue weighted by Gasteiger charge is 2.39. The first-order chi connectivity index (χ1) is 13.5. The summed E-state index contributed by atoms with van der Waals surface area (Å²) >= 11 is 6.17. The van der Waals surface area contributed by atoms with Gasteiger partial charge >= 0.3 is 11.9 Å². The molecule has 0 aliphatic heterocycles. The second-order valence-electron chi connectivity index (χ2n) is 7.34. The first-order valence-electron chi connectivity index (χ1n) is 8.80. The Hall–Kier alpha value is -2.65. The Morgan fingerprint density at radius 1 is 1.21 bits per heavy atom. The minimum Gasteiger partial charge on any atom is -0.390 e. The molecular formula is C19H16ClF3N4O2. The molecule has 1 aliphatic carbocycles. The fourth-order valence-electron chi connectivity index (χ4n) is 3.52. The van der Waals surface area contributed by atoms with Gasteiger partial charge in [-0.3, -0.25) is 0 Å². The van der Waals surface area contributed by atoms with Crippen molar-refractivity contribution in [2.24, 2.45) is 0 Å². The van der Waals surface area contributed by atoms with E-state index in [0.717, 1.165) is 10.6 Å². The second kappa shape index (κ2) is 6.70. The zero-order valence-corrected chi connectivity index (χ0v) is 15.9. The Kier molecular flexibility index (Phi) is 4.54. The lowest BCUT2D eigenvalue weighted by Crippen LogP contribution is -2.48. The zero-order valence-electron chi connectivity index (χ0n) is 15.2. The molecule has 2 aromatic heterocycles. The van der Waals surface area contributed by atoms with Crippen molar-refractivity contribution < 1.29 is 18.3 Å². The molecule has 10 heteroatoms. The van der Waals surface area contributed by atoms with Crippen LogP contribution in [0, 0.1) is 0 Å². The van der Waals surface area contributed by atoms with Crippen molar-refractivity contribution in [3.05, 3.63) is 57.6 Å². The molecular weight excluding hydrogens is 409 g/mol. The van der Waals surface area contributed by atoms with Gasteiger partial charge in [0, 0.05) is 6.04 Å². The van der Waals surface area contributed by atoms with Gasteiger partial charge in [0.2, 0.25) is 0 Å². The SMILES string of the molecule is C[C@]1(O)C[C@@H](Nc2nc(=O)n(-c3ccccc3Cl)c3nc(C(F)(F)F)ccc23)C1. The van der Waals surface area contributed by atoms with Crippen LogP contribution in [0.2, 0.25) is 5.02 Å². The molecule has 1 fully saturated rings. The van der Waals surface area contributed by atoms with Gasteiger partial charge in [0.1, 0.15) is 11.5 Å². The van der Waals surface area contributed by atoms with Gasteiger partial charge in [-0.2, -0.15) is 18.2 Å². The number of benzene rings is 1. The van der Waals surface area contributed by atoms with Crippen LogP contribution in [0.5, 0.6) is 0 Å². The molecule has 2 N–H and O–H groups in total. The third-order valence-electron chi connectivity index (χ3n) is 4.84. The van der Waals surface area contributed by atoms with Crippen LogP contribution >= 0.6 is 11.6 Å². The summed E-state index contributed by atoms with van der Waals surface area (Å²) in [5, 5.41) is 13.3. The Labute approximate surface area is 168 Å². The third kappa shape index (κ3) is 3.67. The summed E-state index contributed by atoms with van der Waals surface area (Å²) in [7, 11) is 0. The molecule has 1 aliphatic rings. The van der Waals surface area contributed by atoms with Gasteiger partial charge in [0.25, 0.3) is 0 Å². The number of hydrogen-bond acceptors (Lipinski definition) is 5. The summed E-state index contributed by atoms with van der Waals surface area (Å²) in [6, 6.07) is 8.18. The van der Waals surface area contributed by atoms with E-state index in [0.29, 0.717) is 12.8 Å². The Balaban J connectivity index is 1.93. The van der Waals surface area contributed by atoms with E-state index in [4.69, 9.17) is 11.6 Å². The van der Waals surface area contributed by atoms with Crippen molar-refractivity contribution >= 4 is 28.5 Å². The summed E-state index contributed by atoms with van der Waals surface area (Å²) < 4.78 is 40.7. The lowest BCUT2D eigenvalue weighted by atomic mass is 9.77. The zero-order chi connectivity index (χ0) is 21.0. The first-order valence-corrected chi connectivity index (χ1v) is 9.18. The molecule has 2 heterocycles.